The highest BCUT2D eigenvalue weighted by Gasteiger charge is 2.31. The Morgan fingerprint density at radius 1 is 1.31 bits per heavy atom. The molecule has 1 N–H and O–H groups in total. The van der Waals surface area contributed by atoms with E-state index in [1.165, 1.54) is 0 Å². The molecule has 0 amide bonds. The zero-order chi connectivity index (χ0) is 11.1. The van der Waals surface area contributed by atoms with Crippen molar-refractivity contribution in [2.24, 2.45) is 5.92 Å². The molecule has 0 aliphatic heterocycles. The number of fused-ring (bicyclic) bond motifs is 1. The average molecular weight is 213 g/mol. The van der Waals surface area contributed by atoms with Crippen molar-refractivity contribution in [3.63, 3.8) is 0 Å². The lowest BCUT2D eigenvalue weighted by molar-refractivity contribution is 0.0969. The van der Waals surface area contributed by atoms with Crippen LogP contribution in [-0.2, 0) is 0 Å². The molecule has 0 radical (unpaired) electrons. The molecule has 1 aliphatic rings. The molecule has 2 aromatic rings. The third kappa shape index (κ3) is 1.36. The lowest BCUT2D eigenvalue weighted by Gasteiger charge is -2.05. The summed E-state index contributed by atoms with van der Waals surface area (Å²) in [6.07, 6.45) is 3.60. The van der Waals surface area contributed by atoms with Crippen molar-refractivity contribution in [3.05, 3.63) is 36.0 Å². The molecule has 0 spiro atoms. The van der Waals surface area contributed by atoms with Gasteiger partial charge in [0.1, 0.15) is 5.75 Å². The molecule has 1 heterocycles. The molecule has 3 rings (SSSR count). The summed E-state index contributed by atoms with van der Waals surface area (Å²) in [6, 6.07) is 6.78. The van der Waals surface area contributed by atoms with Crippen LogP contribution < -0.4 is 0 Å². The van der Waals surface area contributed by atoms with E-state index in [2.05, 4.69) is 4.98 Å². The molecule has 1 aromatic heterocycles. The Hall–Kier alpha value is -1.90. The topological polar surface area (TPSA) is 50.2 Å². The number of phenolic OH excluding ortho intramolecular Hbond substituents is 1. The molecule has 1 aromatic carbocycles. The number of carbonyl (C=O) groups is 1. The summed E-state index contributed by atoms with van der Waals surface area (Å²) in [5, 5.41) is 10.3. The van der Waals surface area contributed by atoms with E-state index in [9.17, 15) is 9.90 Å². The zero-order valence-corrected chi connectivity index (χ0v) is 8.68. The molecule has 1 fully saturated rings. The first-order chi connectivity index (χ1) is 7.77. The Morgan fingerprint density at radius 3 is 2.88 bits per heavy atom. The summed E-state index contributed by atoms with van der Waals surface area (Å²) in [4.78, 5) is 16.2. The summed E-state index contributed by atoms with van der Waals surface area (Å²) in [5.74, 6) is 0.508. The number of carbonyl (C=O) groups excluding carboxylic acids is 1. The second-order valence-corrected chi connectivity index (χ2v) is 4.17. The lowest BCUT2D eigenvalue weighted by atomic mass is 10.0. The number of ketones is 1. The molecule has 1 aliphatic carbocycles. The SMILES string of the molecule is O=C(c1ccc(O)c2cccnc12)C1CC1. The number of nitrogens with zero attached hydrogens (tertiary/aromatic N) is 1. The molecule has 3 heteroatoms. The fourth-order valence-electron chi connectivity index (χ4n) is 1.92. The third-order valence-electron chi connectivity index (χ3n) is 2.96. The number of benzene rings is 1. The van der Waals surface area contributed by atoms with Crippen LogP contribution in [0.2, 0.25) is 0 Å². The monoisotopic (exact) mass is 213 g/mol. The normalized spacial score (nSPS) is 15.2. The Labute approximate surface area is 92.7 Å². The first-order valence-electron chi connectivity index (χ1n) is 5.38. The second kappa shape index (κ2) is 3.30. The van der Waals surface area contributed by atoms with E-state index in [4.69, 9.17) is 0 Å². The number of pyridine rings is 1. The van der Waals surface area contributed by atoms with Gasteiger partial charge in [-0.3, -0.25) is 9.78 Å². The Morgan fingerprint density at radius 2 is 2.12 bits per heavy atom. The van der Waals surface area contributed by atoms with E-state index in [1.54, 1.807) is 30.5 Å². The third-order valence-corrected chi connectivity index (χ3v) is 2.96. The molecule has 16 heavy (non-hydrogen) atoms. The largest absolute Gasteiger partial charge is 0.507 e. The molecule has 0 unspecified atom stereocenters. The van der Waals surface area contributed by atoms with Crippen LogP contribution >= 0.6 is 0 Å². The molecule has 0 atom stereocenters. The van der Waals surface area contributed by atoms with Gasteiger partial charge in [0.25, 0.3) is 0 Å². The van der Waals surface area contributed by atoms with Gasteiger partial charge >= 0.3 is 0 Å². The summed E-state index contributed by atoms with van der Waals surface area (Å²) >= 11 is 0. The molecule has 0 bridgehead atoms. The highest BCUT2D eigenvalue weighted by Crippen LogP contribution is 2.35. The second-order valence-electron chi connectivity index (χ2n) is 4.17. The van der Waals surface area contributed by atoms with Gasteiger partial charge < -0.3 is 5.11 Å². The van der Waals surface area contributed by atoms with Gasteiger partial charge in [-0.2, -0.15) is 0 Å². The van der Waals surface area contributed by atoms with Gasteiger partial charge in [0.2, 0.25) is 0 Å². The van der Waals surface area contributed by atoms with Crippen molar-refractivity contribution in [2.75, 3.05) is 0 Å². The van der Waals surface area contributed by atoms with Crippen LogP contribution in [0.15, 0.2) is 30.5 Å². The van der Waals surface area contributed by atoms with Crippen LogP contribution in [-0.4, -0.2) is 15.9 Å². The van der Waals surface area contributed by atoms with E-state index < -0.39 is 0 Å². The van der Waals surface area contributed by atoms with Crippen LogP contribution in [0.1, 0.15) is 23.2 Å². The zero-order valence-electron chi connectivity index (χ0n) is 8.68. The first-order valence-corrected chi connectivity index (χ1v) is 5.38. The number of hydrogen-bond acceptors (Lipinski definition) is 3. The number of Topliss-reactive ketones (excluding diaryl/α,β-unsaturated/α-hetero) is 1. The maximum absolute atomic E-state index is 12.0. The van der Waals surface area contributed by atoms with Crippen LogP contribution in [0.5, 0.6) is 5.75 Å². The molecule has 3 nitrogen and oxygen atoms in total. The highest BCUT2D eigenvalue weighted by atomic mass is 16.3. The smallest absolute Gasteiger partial charge is 0.168 e. The number of aromatic hydroxyl groups is 1. The standard InChI is InChI=1S/C13H11NO2/c15-11-6-5-10(13(16)8-3-4-8)12-9(11)2-1-7-14-12/h1-2,5-8,15H,3-4H2. The van der Waals surface area contributed by atoms with Crippen LogP contribution in [0.3, 0.4) is 0 Å². The van der Waals surface area contributed by atoms with E-state index in [0.717, 1.165) is 12.8 Å². The fourth-order valence-corrected chi connectivity index (χ4v) is 1.92. The van der Waals surface area contributed by atoms with E-state index in [1.807, 2.05) is 0 Å². The summed E-state index contributed by atoms with van der Waals surface area (Å²) in [7, 11) is 0. The van der Waals surface area contributed by atoms with Crippen molar-refractivity contribution < 1.29 is 9.90 Å². The lowest BCUT2D eigenvalue weighted by Crippen LogP contribution is -2.02. The molecule has 1 saturated carbocycles. The van der Waals surface area contributed by atoms with Crippen LogP contribution in [0.25, 0.3) is 10.9 Å². The van der Waals surface area contributed by atoms with Gasteiger partial charge in [-0.05, 0) is 37.1 Å². The molecular weight excluding hydrogens is 202 g/mol. The highest BCUT2D eigenvalue weighted by molar-refractivity contribution is 6.09. The van der Waals surface area contributed by atoms with Gasteiger partial charge in [0, 0.05) is 23.1 Å². The van der Waals surface area contributed by atoms with Gasteiger partial charge in [-0.25, -0.2) is 0 Å². The minimum absolute atomic E-state index is 0.156. The minimum Gasteiger partial charge on any atom is -0.507 e. The molecule has 80 valence electrons. The Balaban J connectivity index is 2.24. The van der Waals surface area contributed by atoms with Gasteiger partial charge in [-0.15, -0.1) is 0 Å². The molecular formula is C13H11NO2. The number of aromatic nitrogens is 1. The predicted octanol–water partition coefficient (Wildman–Crippen LogP) is 2.53. The maximum Gasteiger partial charge on any atom is 0.168 e. The summed E-state index contributed by atoms with van der Waals surface area (Å²) in [5.41, 5.74) is 1.25. The van der Waals surface area contributed by atoms with Crippen molar-refractivity contribution in [2.45, 2.75) is 12.8 Å². The van der Waals surface area contributed by atoms with Crippen LogP contribution in [0.4, 0.5) is 0 Å². The Bertz CT molecular complexity index is 573. The average Bonchev–Trinajstić information content (AvgIpc) is 3.13. The van der Waals surface area contributed by atoms with Gasteiger partial charge in [0.05, 0.1) is 5.52 Å². The van der Waals surface area contributed by atoms with E-state index >= 15 is 0 Å². The van der Waals surface area contributed by atoms with Crippen molar-refractivity contribution in [3.8, 4) is 5.75 Å². The van der Waals surface area contributed by atoms with Crippen molar-refractivity contribution >= 4 is 16.7 Å². The van der Waals surface area contributed by atoms with E-state index in [-0.39, 0.29) is 17.5 Å². The summed E-state index contributed by atoms with van der Waals surface area (Å²) < 4.78 is 0. The van der Waals surface area contributed by atoms with Gasteiger partial charge in [0.15, 0.2) is 5.78 Å². The number of hydrogen-bond donors (Lipinski definition) is 1. The quantitative estimate of drug-likeness (QED) is 0.780. The van der Waals surface area contributed by atoms with Crippen LogP contribution in [0, 0.1) is 5.92 Å². The first kappa shape index (κ1) is 9.33. The van der Waals surface area contributed by atoms with Gasteiger partial charge in [-0.1, -0.05) is 0 Å². The summed E-state index contributed by atoms with van der Waals surface area (Å²) in [6.45, 7) is 0. The Kier molecular flexibility index (Phi) is 1.93. The fraction of sp³-hybridized carbons (Fsp3) is 0.231. The number of rotatable bonds is 2. The number of phenols is 1. The van der Waals surface area contributed by atoms with Crippen molar-refractivity contribution in [1.82, 2.24) is 4.98 Å². The predicted molar refractivity (Wildman–Crippen MR) is 60.5 cm³/mol. The molecule has 0 saturated heterocycles. The maximum atomic E-state index is 12.0. The van der Waals surface area contributed by atoms with E-state index in [0.29, 0.717) is 16.5 Å². The van der Waals surface area contributed by atoms with Crippen molar-refractivity contribution in [1.29, 1.82) is 0 Å². The minimum atomic E-state index is 0.156.